The lowest BCUT2D eigenvalue weighted by Crippen LogP contribution is -2.62. The Morgan fingerprint density at radius 1 is 0.878 bits per heavy atom. The van der Waals surface area contributed by atoms with Gasteiger partial charge in [-0.3, -0.25) is 9.59 Å². The molecule has 2 rings (SSSR count). The van der Waals surface area contributed by atoms with Crippen LogP contribution in [-0.2, 0) is 13.1 Å². The van der Waals surface area contributed by atoms with Crippen molar-refractivity contribution in [1.29, 1.82) is 0 Å². The zero-order valence-electron chi connectivity index (χ0n) is 25.7. The number of aromatic nitrogens is 2. The first-order chi connectivity index (χ1) is 19.6. The molecule has 0 spiro atoms. The molecule has 0 aliphatic carbocycles. The van der Waals surface area contributed by atoms with Gasteiger partial charge < -0.3 is 14.5 Å². The molecule has 0 atom stereocenters. The molecule has 1 N–H and O–H groups in total. The third kappa shape index (κ3) is 7.49. The molecule has 220 valence electrons. The van der Waals surface area contributed by atoms with Crippen molar-refractivity contribution in [2.45, 2.75) is 60.5 Å². The molecule has 41 heavy (non-hydrogen) atoms. The van der Waals surface area contributed by atoms with E-state index in [4.69, 9.17) is 0 Å². The van der Waals surface area contributed by atoms with E-state index in [1.807, 2.05) is 63.8 Å². The fourth-order valence-corrected chi connectivity index (χ4v) is 6.12. The van der Waals surface area contributed by atoms with E-state index in [9.17, 15) is 9.59 Å². The van der Waals surface area contributed by atoms with Crippen LogP contribution in [0.1, 0.15) is 58.6 Å². The lowest BCUT2D eigenvalue weighted by atomic mass is 10.00. The summed E-state index contributed by atoms with van der Waals surface area (Å²) >= 11 is 1.82. The largest absolute Gasteiger partial charge is 0.315 e. The molecule has 5 nitrogen and oxygen atoms in total. The lowest BCUT2D eigenvalue weighted by Gasteiger charge is -2.14. The molecule has 0 amide bonds. The van der Waals surface area contributed by atoms with Crippen LogP contribution in [-0.4, -0.2) is 33.7 Å². The van der Waals surface area contributed by atoms with Gasteiger partial charge in [0, 0.05) is 57.3 Å². The smallest absolute Gasteiger partial charge is 0.258 e. The molecule has 0 fully saturated rings. The number of nitrogens with one attached hydrogen (secondary N) is 1. The predicted octanol–water partition coefficient (Wildman–Crippen LogP) is 2.07. The molecule has 0 bridgehead atoms. The summed E-state index contributed by atoms with van der Waals surface area (Å²) in [7, 11) is 0. The maximum Gasteiger partial charge on any atom is 0.258 e. The molecule has 0 aliphatic heterocycles. The van der Waals surface area contributed by atoms with Gasteiger partial charge in [-0.2, -0.15) is 11.8 Å². The van der Waals surface area contributed by atoms with E-state index in [-0.39, 0.29) is 11.1 Å². The second-order valence-electron chi connectivity index (χ2n) is 9.86. The number of pyridine rings is 2. The maximum absolute atomic E-state index is 13.3. The zero-order valence-corrected chi connectivity index (χ0v) is 26.5. The SMILES string of the molecule is C=C/C(CC)=c1c(=C\C)/c(=C)n(CCNCCCSCCn2c(=C)c(C=C)c(C(=C)C)/c(=C\C)c2=O)c(=O)c/1=C/C. The fraction of sp³-hybridized carbons (Fsp3) is 0.371. The Morgan fingerprint density at radius 2 is 1.49 bits per heavy atom. The molecule has 0 radical (unpaired) electrons. The minimum Gasteiger partial charge on any atom is -0.315 e. The highest BCUT2D eigenvalue weighted by Crippen LogP contribution is 2.10. The number of rotatable bonds is 14. The van der Waals surface area contributed by atoms with Crippen molar-refractivity contribution in [1.82, 2.24) is 14.5 Å². The van der Waals surface area contributed by atoms with Crippen LogP contribution in [0, 0.1) is 0 Å². The Balaban J connectivity index is 2.00. The average Bonchev–Trinajstić information content (AvgIpc) is 2.95. The predicted molar refractivity (Wildman–Crippen MR) is 184 cm³/mol. The van der Waals surface area contributed by atoms with E-state index in [0.717, 1.165) is 69.0 Å². The Hall–Kier alpha value is -3.35. The number of thioether (sulfide) groups is 1. The monoisotopic (exact) mass is 573 g/mol. The summed E-state index contributed by atoms with van der Waals surface area (Å²) in [5.74, 6) is 1.78. The summed E-state index contributed by atoms with van der Waals surface area (Å²) < 4.78 is 3.53. The highest BCUT2D eigenvalue weighted by molar-refractivity contribution is 7.99. The van der Waals surface area contributed by atoms with Crippen LogP contribution in [0.25, 0.3) is 48.6 Å². The lowest BCUT2D eigenvalue weighted by molar-refractivity contribution is 0.570. The van der Waals surface area contributed by atoms with Crippen LogP contribution < -0.4 is 48.0 Å². The molecular formula is C35H47N3O2S. The Morgan fingerprint density at radius 3 is 2.02 bits per heavy atom. The topological polar surface area (TPSA) is 56.0 Å². The first kappa shape index (κ1) is 33.9. The van der Waals surface area contributed by atoms with Crippen molar-refractivity contribution in [3.63, 3.8) is 0 Å². The summed E-state index contributed by atoms with van der Waals surface area (Å²) in [6.45, 7) is 32.8. The minimum atomic E-state index is -0.0302. The second kappa shape index (κ2) is 16.2. The summed E-state index contributed by atoms with van der Waals surface area (Å²) in [5.41, 5.74) is 3.56. The molecule has 6 heteroatoms. The highest BCUT2D eigenvalue weighted by atomic mass is 32.2. The molecule has 0 aliphatic rings. The standard InChI is InChI=1S/C35H47N3O2S/c1-11-27(12-2)33-29(14-4)26(10)37(35(40)31(33)16-6)20-19-36-18-17-22-41-23-21-38-25(9)28(13-3)32(24(7)8)30(15-5)34(38)39/h11,13-16,36H,1,3,7,9-10,12,17-23H2,2,4-6,8H3/b29-14-,30-15+,31-16+,33-27+. The van der Waals surface area contributed by atoms with Gasteiger partial charge in [-0.25, -0.2) is 0 Å². The van der Waals surface area contributed by atoms with Gasteiger partial charge in [0.2, 0.25) is 0 Å². The van der Waals surface area contributed by atoms with Gasteiger partial charge in [0.25, 0.3) is 11.1 Å². The van der Waals surface area contributed by atoms with Crippen molar-refractivity contribution in [3.05, 3.63) is 89.2 Å². The Bertz CT molecular complexity index is 1720. The van der Waals surface area contributed by atoms with Gasteiger partial charge in [0.05, 0.1) is 0 Å². The normalized spacial score (nSPS) is 13.5. The third-order valence-corrected chi connectivity index (χ3v) is 8.41. The quantitative estimate of drug-likeness (QED) is 0.352. The van der Waals surface area contributed by atoms with Gasteiger partial charge in [-0.1, -0.05) is 70.2 Å². The van der Waals surface area contributed by atoms with E-state index in [1.165, 1.54) is 0 Å². The molecule has 0 unspecified atom stereocenters. The van der Waals surface area contributed by atoms with E-state index < -0.39 is 0 Å². The Kier molecular flexibility index (Phi) is 13.4. The summed E-state index contributed by atoms with van der Waals surface area (Å²) in [6.07, 6.45) is 11.2. The van der Waals surface area contributed by atoms with Gasteiger partial charge in [-0.05, 0) is 74.8 Å². The van der Waals surface area contributed by atoms with Gasteiger partial charge in [0.15, 0.2) is 0 Å². The van der Waals surface area contributed by atoms with E-state index >= 15 is 0 Å². The Labute approximate surface area is 248 Å². The molecule has 2 heterocycles. The van der Waals surface area contributed by atoms with Crippen LogP contribution in [0.3, 0.4) is 0 Å². The third-order valence-electron chi connectivity index (χ3n) is 7.36. The van der Waals surface area contributed by atoms with Crippen LogP contribution in [0.15, 0.2) is 35.4 Å². The minimum absolute atomic E-state index is 0.0111. The molecule has 0 aromatic carbocycles. The van der Waals surface area contributed by atoms with Gasteiger partial charge in [0.1, 0.15) is 0 Å². The number of nitrogens with zero attached hydrogens (tertiary/aromatic N) is 2. The number of hydrogen-bond acceptors (Lipinski definition) is 4. The van der Waals surface area contributed by atoms with Crippen LogP contribution in [0.4, 0.5) is 0 Å². The van der Waals surface area contributed by atoms with E-state index in [2.05, 4.69) is 45.1 Å². The molecule has 0 saturated heterocycles. The first-order valence-corrected chi connectivity index (χ1v) is 15.5. The number of allylic oxidation sites excluding steroid dienone is 2. The summed E-state index contributed by atoms with van der Waals surface area (Å²) in [6, 6.07) is 0. The molecule has 2 aromatic rings. The van der Waals surface area contributed by atoms with Gasteiger partial charge in [-0.15, -0.1) is 0 Å². The van der Waals surface area contributed by atoms with Crippen molar-refractivity contribution < 1.29 is 0 Å². The van der Waals surface area contributed by atoms with Gasteiger partial charge >= 0.3 is 0 Å². The van der Waals surface area contributed by atoms with Crippen LogP contribution in [0.5, 0.6) is 0 Å². The zero-order chi connectivity index (χ0) is 30.7. The maximum atomic E-state index is 13.3. The molecular weight excluding hydrogens is 526 g/mol. The van der Waals surface area contributed by atoms with Crippen molar-refractivity contribution in [2.24, 2.45) is 0 Å². The average molecular weight is 574 g/mol. The van der Waals surface area contributed by atoms with Crippen molar-refractivity contribution >= 4 is 60.4 Å². The van der Waals surface area contributed by atoms with Crippen molar-refractivity contribution in [2.75, 3.05) is 24.6 Å². The number of hydrogen-bond donors (Lipinski definition) is 1. The highest BCUT2D eigenvalue weighted by Gasteiger charge is 2.12. The fourth-order valence-electron chi connectivity index (χ4n) is 5.26. The molecule has 0 saturated carbocycles. The van der Waals surface area contributed by atoms with E-state index in [1.54, 1.807) is 15.2 Å². The van der Waals surface area contributed by atoms with Crippen LogP contribution >= 0.6 is 11.8 Å². The first-order valence-electron chi connectivity index (χ1n) is 14.3. The second-order valence-corrected chi connectivity index (χ2v) is 11.1. The molecule has 2 aromatic heterocycles. The van der Waals surface area contributed by atoms with E-state index in [0.29, 0.717) is 35.4 Å². The summed E-state index contributed by atoms with van der Waals surface area (Å²) in [5, 5.41) is 8.20. The van der Waals surface area contributed by atoms with Crippen LogP contribution in [0.2, 0.25) is 0 Å². The van der Waals surface area contributed by atoms with Crippen molar-refractivity contribution in [3.8, 4) is 0 Å². The summed E-state index contributed by atoms with van der Waals surface area (Å²) in [4.78, 5) is 26.5.